The van der Waals surface area contributed by atoms with E-state index >= 15 is 0 Å². The van der Waals surface area contributed by atoms with E-state index in [0.717, 1.165) is 64.0 Å². The van der Waals surface area contributed by atoms with Crippen molar-refractivity contribution in [1.29, 1.82) is 0 Å². The number of carbonyl (C=O) groups excluding carboxylic acids is 1. The number of nitrogens with one attached hydrogen (secondary N) is 1. The highest BCUT2D eigenvalue weighted by Gasteiger charge is 2.34. The maximum atomic E-state index is 13.5. The third-order valence-electron chi connectivity index (χ3n) is 7.16. The number of amides is 1. The Morgan fingerprint density at radius 1 is 1.06 bits per heavy atom. The summed E-state index contributed by atoms with van der Waals surface area (Å²) in [5, 5.41) is 12.2. The molecule has 3 aromatic rings. The molecule has 0 unspecified atom stereocenters. The molecular weight excluding hydrogens is 424 g/mol. The van der Waals surface area contributed by atoms with Gasteiger partial charge in [-0.05, 0) is 85.9 Å². The molecule has 0 saturated heterocycles. The molecule has 2 N–H and O–H groups in total. The predicted octanol–water partition coefficient (Wildman–Crippen LogP) is 6.21. The lowest BCUT2D eigenvalue weighted by molar-refractivity contribution is -0.137. The van der Waals surface area contributed by atoms with E-state index < -0.39 is 5.97 Å². The third-order valence-corrected chi connectivity index (χ3v) is 7.16. The molecule has 1 aromatic heterocycles. The van der Waals surface area contributed by atoms with Crippen LogP contribution in [0.25, 0.3) is 11.1 Å². The number of aryl methyl sites for hydroxylation is 3. The molecule has 5 nitrogen and oxygen atoms in total. The second-order valence-electron chi connectivity index (χ2n) is 9.39. The Hall–Kier alpha value is -3.47. The first-order valence-corrected chi connectivity index (χ1v) is 12.0. The molecule has 0 aliphatic heterocycles. The van der Waals surface area contributed by atoms with E-state index in [1.807, 2.05) is 38.2 Å². The van der Waals surface area contributed by atoms with Gasteiger partial charge in [-0.3, -0.25) is 14.6 Å². The van der Waals surface area contributed by atoms with E-state index in [2.05, 4.69) is 47.6 Å². The molecule has 4 rings (SSSR count). The fraction of sp³-hybridized carbons (Fsp3) is 0.345. The number of nitrogens with zero attached hydrogens (tertiary/aromatic N) is 1. The number of carbonyl (C=O) groups is 2. The summed E-state index contributed by atoms with van der Waals surface area (Å²) >= 11 is 0. The zero-order valence-corrected chi connectivity index (χ0v) is 20.1. The van der Waals surface area contributed by atoms with Gasteiger partial charge in [-0.1, -0.05) is 42.8 Å². The second-order valence-corrected chi connectivity index (χ2v) is 9.39. The maximum Gasteiger partial charge on any atom is 0.303 e. The number of aromatic nitrogens is 1. The topological polar surface area (TPSA) is 79.3 Å². The van der Waals surface area contributed by atoms with Gasteiger partial charge in [-0.2, -0.15) is 0 Å². The van der Waals surface area contributed by atoms with Crippen molar-refractivity contribution < 1.29 is 14.7 Å². The summed E-state index contributed by atoms with van der Waals surface area (Å²) in [6.45, 7) is 6.01. The number of carboxylic acids is 1. The van der Waals surface area contributed by atoms with Gasteiger partial charge in [0.25, 0.3) is 0 Å². The lowest BCUT2D eigenvalue weighted by atomic mass is 9.72. The van der Waals surface area contributed by atoms with E-state index in [0.29, 0.717) is 12.3 Å². The summed E-state index contributed by atoms with van der Waals surface area (Å²) in [7, 11) is 0. The van der Waals surface area contributed by atoms with Gasteiger partial charge < -0.3 is 10.4 Å². The van der Waals surface area contributed by atoms with Crippen molar-refractivity contribution in [2.45, 2.75) is 58.8 Å². The van der Waals surface area contributed by atoms with Crippen LogP contribution < -0.4 is 5.32 Å². The van der Waals surface area contributed by atoms with Crippen LogP contribution in [0.1, 0.15) is 59.5 Å². The number of pyridine rings is 1. The van der Waals surface area contributed by atoms with Crippen LogP contribution in [0.3, 0.4) is 0 Å². The molecule has 1 aliphatic rings. The molecule has 0 spiro atoms. The molecule has 34 heavy (non-hydrogen) atoms. The van der Waals surface area contributed by atoms with Crippen molar-refractivity contribution in [1.82, 2.24) is 4.98 Å². The fourth-order valence-electron chi connectivity index (χ4n) is 4.64. The van der Waals surface area contributed by atoms with Gasteiger partial charge in [0.2, 0.25) is 5.91 Å². The van der Waals surface area contributed by atoms with Crippen molar-refractivity contribution >= 4 is 17.6 Å². The number of aliphatic carboxylic acids is 1. The van der Waals surface area contributed by atoms with Crippen molar-refractivity contribution in [2.75, 3.05) is 5.32 Å². The van der Waals surface area contributed by atoms with Crippen LogP contribution in [-0.2, 0) is 16.0 Å². The van der Waals surface area contributed by atoms with Crippen LogP contribution in [-0.4, -0.2) is 22.0 Å². The molecule has 1 amide bonds. The van der Waals surface area contributed by atoms with Gasteiger partial charge >= 0.3 is 5.97 Å². The number of hydrogen-bond donors (Lipinski definition) is 2. The Labute approximate surface area is 201 Å². The molecule has 5 heteroatoms. The summed E-state index contributed by atoms with van der Waals surface area (Å²) < 4.78 is 0. The van der Waals surface area contributed by atoms with E-state index in [1.54, 1.807) is 0 Å². The predicted molar refractivity (Wildman–Crippen MR) is 135 cm³/mol. The lowest BCUT2D eigenvalue weighted by Crippen LogP contribution is -2.31. The molecule has 0 bridgehead atoms. The van der Waals surface area contributed by atoms with Gasteiger partial charge in [-0.15, -0.1) is 0 Å². The molecular formula is C29H32N2O3. The Morgan fingerprint density at radius 2 is 1.79 bits per heavy atom. The van der Waals surface area contributed by atoms with Crippen molar-refractivity contribution in [2.24, 2.45) is 5.92 Å². The summed E-state index contributed by atoms with van der Waals surface area (Å²) in [6.07, 6.45) is 5.69. The normalized spacial score (nSPS) is 14.3. The first-order chi connectivity index (χ1) is 16.3. The molecule has 1 saturated carbocycles. The minimum absolute atomic E-state index is 0.00350. The highest BCUT2D eigenvalue weighted by atomic mass is 16.4. The largest absolute Gasteiger partial charge is 0.481 e. The minimum Gasteiger partial charge on any atom is -0.481 e. The molecule has 1 atom stereocenters. The van der Waals surface area contributed by atoms with E-state index in [9.17, 15) is 9.59 Å². The summed E-state index contributed by atoms with van der Waals surface area (Å²) in [6, 6.07) is 16.2. The van der Waals surface area contributed by atoms with Crippen LogP contribution in [0, 0.1) is 26.7 Å². The van der Waals surface area contributed by atoms with E-state index in [4.69, 9.17) is 5.11 Å². The average Bonchev–Trinajstić information content (AvgIpc) is 2.78. The number of benzene rings is 2. The van der Waals surface area contributed by atoms with Crippen LogP contribution in [0.5, 0.6) is 0 Å². The van der Waals surface area contributed by atoms with Crippen molar-refractivity contribution in [3.05, 3.63) is 82.7 Å². The van der Waals surface area contributed by atoms with Gasteiger partial charge in [0.1, 0.15) is 0 Å². The monoisotopic (exact) mass is 456 g/mol. The fourth-order valence-corrected chi connectivity index (χ4v) is 4.64. The van der Waals surface area contributed by atoms with Crippen molar-refractivity contribution in [3.8, 4) is 11.1 Å². The van der Waals surface area contributed by atoms with Gasteiger partial charge in [0, 0.05) is 29.6 Å². The third kappa shape index (κ3) is 5.19. The smallest absolute Gasteiger partial charge is 0.303 e. The SMILES string of the molecule is Cc1cc(-c2ccc([C@H](C(=O)Nc3cccc(CCC(=O)O)c3C)C3CCC3)cc2)cnc1C. The van der Waals surface area contributed by atoms with Gasteiger partial charge in [0.05, 0.1) is 5.92 Å². The summed E-state index contributed by atoms with van der Waals surface area (Å²) in [5.74, 6) is -0.685. The molecule has 1 fully saturated rings. The Kier molecular flexibility index (Phi) is 7.11. The summed E-state index contributed by atoms with van der Waals surface area (Å²) in [4.78, 5) is 29.0. The lowest BCUT2D eigenvalue weighted by Gasteiger charge is -2.33. The zero-order chi connectivity index (χ0) is 24.2. The summed E-state index contributed by atoms with van der Waals surface area (Å²) in [5.41, 5.74) is 8.03. The number of carboxylic acid groups (broad SMARTS) is 1. The Balaban J connectivity index is 1.56. The quantitative estimate of drug-likeness (QED) is 0.422. The van der Waals surface area contributed by atoms with E-state index in [-0.39, 0.29) is 18.2 Å². The maximum absolute atomic E-state index is 13.5. The van der Waals surface area contributed by atoms with Gasteiger partial charge in [0.15, 0.2) is 0 Å². The standard InChI is InChI=1S/C29H32N2O3/c1-18-16-25(17-30-20(18)3)22-10-12-24(13-11-22)28(23-7-4-8-23)29(34)31-26-9-5-6-21(19(26)2)14-15-27(32)33/h5-6,9-13,16-17,23,28H,4,7-8,14-15H2,1-3H3,(H,31,34)(H,32,33)/t28-/m1/s1. The van der Waals surface area contributed by atoms with Crippen LogP contribution >= 0.6 is 0 Å². The second kappa shape index (κ2) is 10.2. The first kappa shape index (κ1) is 23.7. The van der Waals surface area contributed by atoms with Crippen LogP contribution in [0.2, 0.25) is 0 Å². The number of rotatable bonds is 8. The average molecular weight is 457 g/mol. The van der Waals surface area contributed by atoms with Crippen LogP contribution in [0.15, 0.2) is 54.7 Å². The molecule has 2 aromatic carbocycles. The molecule has 1 aliphatic carbocycles. The van der Waals surface area contributed by atoms with Crippen molar-refractivity contribution in [3.63, 3.8) is 0 Å². The molecule has 1 heterocycles. The number of hydrogen-bond acceptors (Lipinski definition) is 3. The zero-order valence-electron chi connectivity index (χ0n) is 20.1. The Bertz CT molecular complexity index is 1200. The van der Waals surface area contributed by atoms with Gasteiger partial charge in [-0.25, -0.2) is 0 Å². The van der Waals surface area contributed by atoms with Crippen LogP contribution in [0.4, 0.5) is 5.69 Å². The number of anilines is 1. The molecule has 0 radical (unpaired) electrons. The Morgan fingerprint density at radius 3 is 2.41 bits per heavy atom. The molecule has 176 valence electrons. The highest BCUT2D eigenvalue weighted by Crippen LogP contribution is 2.40. The first-order valence-electron chi connectivity index (χ1n) is 12.0. The van der Waals surface area contributed by atoms with E-state index in [1.165, 1.54) is 0 Å². The minimum atomic E-state index is -0.820. The highest BCUT2D eigenvalue weighted by molar-refractivity contribution is 5.97.